The Balaban J connectivity index is 2.07. The van der Waals surface area contributed by atoms with E-state index in [0.29, 0.717) is 5.75 Å². The number of nitrogens with one attached hydrogen (secondary N) is 2. The van der Waals surface area contributed by atoms with Gasteiger partial charge in [0.15, 0.2) is 0 Å². The van der Waals surface area contributed by atoms with E-state index in [1.165, 1.54) is 45.3 Å². The topological polar surface area (TPSA) is 114 Å². The van der Waals surface area contributed by atoms with Gasteiger partial charge in [-0.2, -0.15) is 0 Å². The number of hydrogen-bond acceptors (Lipinski definition) is 6. The molecule has 9 nitrogen and oxygen atoms in total. The van der Waals surface area contributed by atoms with Gasteiger partial charge in [0.05, 0.1) is 13.7 Å². The number of anilines is 1. The lowest BCUT2D eigenvalue weighted by atomic mass is 10.2. The Morgan fingerprint density at radius 2 is 1.79 bits per heavy atom. The molecule has 0 aromatic heterocycles. The molecule has 0 spiro atoms. The maximum Gasteiger partial charge on any atom is 0.246 e. The number of benzene rings is 2. The zero-order chi connectivity index (χ0) is 24.6. The predicted molar refractivity (Wildman–Crippen MR) is 127 cm³/mol. The van der Waals surface area contributed by atoms with E-state index in [9.17, 15) is 18.0 Å². The number of methoxy groups -OCH3 is 1. The van der Waals surface area contributed by atoms with Crippen LogP contribution < -0.4 is 20.1 Å². The molecule has 1 atom stereocenters. The maximum atomic E-state index is 12.6. The Labute approximate surface area is 194 Å². The smallest absolute Gasteiger partial charge is 0.246 e. The van der Waals surface area contributed by atoms with Gasteiger partial charge in [-0.25, -0.2) is 12.7 Å². The Bertz CT molecular complexity index is 1110. The lowest BCUT2D eigenvalue weighted by Crippen LogP contribution is -2.40. The summed E-state index contributed by atoms with van der Waals surface area (Å²) in [5, 5.41) is 5.20. The summed E-state index contributed by atoms with van der Waals surface area (Å²) in [6, 6.07) is 10.6. The minimum atomic E-state index is -3.80. The molecule has 10 heteroatoms. The van der Waals surface area contributed by atoms with Crippen LogP contribution in [0.15, 0.2) is 53.4 Å². The monoisotopic (exact) mass is 475 g/mol. The fourth-order valence-corrected chi connectivity index (χ4v) is 3.77. The summed E-state index contributed by atoms with van der Waals surface area (Å²) in [5.74, 6) is -0.0541. The second-order valence-corrected chi connectivity index (χ2v) is 9.33. The molecule has 33 heavy (non-hydrogen) atoms. The number of hydrogen-bond donors (Lipinski definition) is 2. The van der Waals surface area contributed by atoms with Crippen molar-refractivity contribution in [2.24, 2.45) is 0 Å². The summed E-state index contributed by atoms with van der Waals surface area (Å²) in [5.41, 5.74) is 1.06. The lowest BCUT2D eigenvalue weighted by Gasteiger charge is -2.18. The zero-order valence-corrected chi connectivity index (χ0v) is 20.1. The lowest BCUT2D eigenvalue weighted by molar-refractivity contribution is -0.123. The first-order valence-electron chi connectivity index (χ1n) is 10.2. The Morgan fingerprint density at radius 1 is 1.12 bits per heavy atom. The van der Waals surface area contributed by atoms with E-state index >= 15 is 0 Å². The van der Waals surface area contributed by atoms with Gasteiger partial charge in [0, 0.05) is 25.9 Å². The van der Waals surface area contributed by atoms with E-state index in [4.69, 9.17) is 9.47 Å². The molecule has 0 heterocycles. The molecule has 0 aliphatic carbocycles. The number of carbonyl (C=O) groups excluding carboxylic acids is 2. The fraction of sp³-hybridized carbons (Fsp3) is 0.304. The highest BCUT2D eigenvalue weighted by molar-refractivity contribution is 7.89. The first-order valence-corrected chi connectivity index (χ1v) is 11.6. The van der Waals surface area contributed by atoms with Crippen LogP contribution in [0.2, 0.25) is 0 Å². The van der Waals surface area contributed by atoms with E-state index in [1.54, 1.807) is 44.4 Å². The third-order valence-electron chi connectivity index (χ3n) is 4.56. The second kappa shape index (κ2) is 11.5. The number of nitrogens with zero attached hydrogens (tertiary/aromatic N) is 1. The SMILES string of the molecule is CCOc1ccc(NC(=O)[C@H](C)NC(=O)/C=C/c2ccc(OC)cc2)cc1S(=O)(=O)N(C)C. The van der Waals surface area contributed by atoms with Crippen molar-refractivity contribution in [3.63, 3.8) is 0 Å². The van der Waals surface area contributed by atoms with Crippen molar-refractivity contribution in [1.29, 1.82) is 0 Å². The van der Waals surface area contributed by atoms with Crippen LogP contribution in [0.25, 0.3) is 6.08 Å². The van der Waals surface area contributed by atoms with Crippen molar-refractivity contribution in [2.45, 2.75) is 24.8 Å². The summed E-state index contributed by atoms with van der Waals surface area (Å²) >= 11 is 0. The van der Waals surface area contributed by atoms with Crippen molar-refractivity contribution in [3.8, 4) is 11.5 Å². The molecule has 0 aliphatic heterocycles. The molecule has 0 unspecified atom stereocenters. The molecular formula is C23H29N3O6S. The van der Waals surface area contributed by atoms with Gasteiger partial charge in [-0.3, -0.25) is 9.59 Å². The molecule has 178 valence electrons. The van der Waals surface area contributed by atoms with Gasteiger partial charge in [-0.15, -0.1) is 0 Å². The van der Waals surface area contributed by atoms with Crippen LogP contribution in [-0.2, 0) is 19.6 Å². The van der Waals surface area contributed by atoms with E-state index in [2.05, 4.69) is 10.6 Å². The minimum Gasteiger partial charge on any atom is -0.497 e. The second-order valence-electron chi connectivity index (χ2n) is 7.21. The normalized spacial score (nSPS) is 12.4. The highest BCUT2D eigenvalue weighted by Crippen LogP contribution is 2.29. The molecule has 0 aliphatic rings. The van der Waals surface area contributed by atoms with Crippen LogP contribution in [0.3, 0.4) is 0 Å². The molecule has 0 fully saturated rings. The van der Waals surface area contributed by atoms with Crippen molar-refractivity contribution < 1.29 is 27.5 Å². The van der Waals surface area contributed by atoms with Crippen LogP contribution in [0, 0.1) is 0 Å². The van der Waals surface area contributed by atoms with Crippen LogP contribution in [-0.4, -0.2) is 58.4 Å². The van der Waals surface area contributed by atoms with Gasteiger partial charge < -0.3 is 20.1 Å². The molecule has 2 aromatic carbocycles. The molecule has 2 N–H and O–H groups in total. The summed E-state index contributed by atoms with van der Waals surface area (Å²) < 4.78 is 36.8. The van der Waals surface area contributed by atoms with E-state index in [-0.39, 0.29) is 22.9 Å². The van der Waals surface area contributed by atoms with Gasteiger partial charge in [0.25, 0.3) is 0 Å². The van der Waals surface area contributed by atoms with Crippen LogP contribution in [0.1, 0.15) is 19.4 Å². The van der Waals surface area contributed by atoms with E-state index in [0.717, 1.165) is 9.87 Å². The predicted octanol–water partition coefficient (Wildman–Crippen LogP) is 2.50. The van der Waals surface area contributed by atoms with Crippen molar-refractivity contribution in [2.75, 3.05) is 33.1 Å². The third kappa shape index (κ3) is 7.06. The number of carbonyl (C=O) groups is 2. The van der Waals surface area contributed by atoms with Gasteiger partial charge >= 0.3 is 0 Å². The quantitative estimate of drug-likeness (QED) is 0.511. The molecule has 0 saturated carbocycles. The fourth-order valence-electron chi connectivity index (χ4n) is 2.72. The van der Waals surface area contributed by atoms with Gasteiger partial charge in [0.1, 0.15) is 22.4 Å². The highest BCUT2D eigenvalue weighted by atomic mass is 32.2. The summed E-state index contributed by atoms with van der Waals surface area (Å²) in [7, 11) is 0.594. The van der Waals surface area contributed by atoms with Crippen molar-refractivity contribution in [3.05, 3.63) is 54.1 Å². The maximum absolute atomic E-state index is 12.6. The zero-order valence-electron chi connectivity index (χ0n) is 19.3. The van der Waals surface area contributed by atoms with Crippen LogP contribution >= 0.6 is 0 Å². The first kappa shape index (κ1) is 25.9. The molecule has 2 amide bonds. The first-order chi connectivity index (χ1) is 15.6. The average molecular weight is 476 g/mol. The van der Waals surface area contributed by atoms with Crippen molar-refractivity contribution in [1.82, 2.24) is 9.62 Å². The third-order valence-corrected chi connectivity index (χ3v) is 6.40. The molecule has 0 bridgehead atoms. The average Bonchev–Trinajstić information content (AvgIpc) is 2.78. The highest BCUT2D eigenvalue weighted by Gasteiger charge is 2.24. The number of ether oxygens (including phenoxy) is 2. The number of rotatable bonds is 10. The van der Waals surface area contributed by atoms with Crippen LogP contribution in [0.4, 0.5) is 5.69 Å². The molecule has 2 rings (SSSR count). The largest absolute Gasteiger partial charge is 0.497 e. The molecule has 0 saturated heterocycles. The number of sulfonamides is 1. The molecule has 2 aromatic rings. The van der Waals surface area contributed by atoms with E-state index in [1.807, 2.05) is 0 Å². The number of amides is 2. The Kier molecular flexibility index (Phi) is 9.01. The summed E-state index contributed by atoms with van der Waals surface area (Å²) in [6.45, 7) is 3.56. The van der Waals surface area contributed by atoms with Crippen molar-refractivity contribution >= 4 is 33.6 Å². The summed E-state index contributed by atoms with van der Waals surface area (Å²) in [4.78, 5) is 24.7. The summed E-state index contributed by atoms with van der Waals surface area (Å²) in [6.07, 6.45) is 2.94. The molecular weight excluding hydrogens is 446 g/mol. The van der Waals surface area contributed by atoms with E-state index < -0.39 is 27.9 Å². The van der Waals surface area contributed by atoms with Gasteiger partial charge in [-0.05, 0) is 55.8 Å². The minimum absolute atomic E-state index is 0.0636. The Morgan fingerprint density at radius 3 is 2.36 bits per heavy atom. The van der Waals surface area contributed by atoms with Gasteiger partial charge in [-0.1, -0.05) is 12.1 Å². The standard InChI is InChI=1S/C23H29N3O6S/c1-6-32-20-13-10-18(15-21(20)33(29,30)26(3)4)25-23(28)16(2)24-22(27)14-9-17-7-11-19(31-5)12-8-17/h7-16H,6H2,1-5H3,(H,24,27)(H,25,28)/b14-9+/t16-/m0/s1. The van der Waals surface area contributed by atoms with Crippen LogP contribution in [0.5, 0.6) is 11.5 Å². The Hall–Kier alpha value is -3.37. The molecule has 0 radical (unpaired) electrons. The van der Waals surface area contributed by atoms with Gasteiger partial charge in [0.2, 0.25) is 21.8 Å².